The van der Waals surface area contributed by atoms with Gasteiger partial charge in [0.2, 0.25) is 0 Å². The topological polar surface area (TPSA) is 20.3 Å². The van der Waals surface area contributed by atoms with Gasteiger partial charge in [0.1, 0.15) is 0 Å². The largest absolute Gasteiger partial charge is 0.334 e. The number of amides is 1. The molecule has 0 spiro atoms. The van der Waals surface area contributed by atoms with Crippen molar-refractivity contribution >= 4 is 17.7 Å². The third-order valence-corrected chi connectivity index (χ3v) is 4.47. The van der Waals surface area contributed by atoms with E-state index < -0.39 is 5.76 Å². The average molecular weight is 319 g/mol. The van der Waals surface area contributed by atoms with Gasteiger partial charge < -0.3 is 4.90 Å². The SMILES string of the molecule is O=C(c1ccc(SC(F)F)cc1)N1CCc2ccccc2C1. The fraction of sp³-hybridized carbons (Fsp3) is 0.235. The van der Waals surface area contributed by atoms with Crippen LogP contribution in [-0.4, -0.2) is 23.1 Å². The van der Waals surface area contributed by atoms with Gasteiger partial charge in [-0.1, -0.05) is 36.0 Å². The number of alkyl halides is 2. The van der Waals surface area contributed by atoms with E-state index in [1.807, 2.05) is 18.2 Å². The minimum absolute atomic E-state index is 0.0527. The summed E-state index contributed by atoms with van der Waals surface area (Å²) in [5.74, 6) is -2.50. The molecule has 0 bridgehead atoms. The highest BCUT2D eigenvalue weighted by molar-refractivity contribution is 7.99. The molecule has 3 rings (SSSR count). The molecule has 0 saturated carbocycles. The van der Waals surface area contributed by atoms with Gasteiger partial charge in [0.05, 0.1) is 0 Å². The third-order valence-electron chi connectivity index (χ3n) is 3.74. The molecule has 0 N–H and O–H groups in total. The van der Waals surface area contributed by atoms with Crippen molar-refractivity contribution in [2.24, 2.45) is 0 Å². The van der Waals surface area contributed by atoms with Gasteiger partial charge in [0.25, 0.3) is 11.7 Å². The lowest BCUT2D eigenvalue weighted by Crippen LogP contribution is -2.35. The number of benzene rings is 2. The zero-order chi connectivity index (χ0) is 15.5. The maximum atomic E-state index is 12.5. The first-order valence-electron chi connectivity index (χ1n) is 7.04. The van der Waals surface area contributed by atoms with E-state index in [9.17, 15) is 13.6 Å². The highest BCUT2D eigenvalue weighted by atomic mass is 32.2. The van der Waals surface area contributed by atoms with Crippen molar-refractivity contribution in [1.29, 1.82) is 0 Å². The highest BCUT2D eigenvalue weighted by Gasteiger charge is 2.21. The first-order chi connectivity index (χ1) is 10.6. The van der Waals surface area contributed by atoms with Crippen LogP contribution >= 0.6 is 11.8 Å². The van der Waals surface area contributed by atoms with Gasteiger partial charge >= 0.3 is 0 Å². The molecule has 0 fully saturated rings. The van der Waals surface area contributed by atoms with Crippen molar-refractivity contribution in [3.8, 4) is 0 Å². The lowest BCUT2D eigenvalue weighted by Gasteiger charge is -2.29. The summed E-state index contributed by atoms with van der Waals surface area (Å²) in [5.41, 5.74) is 3.00. The van der Waals surface area contributed by atoms with Gasteiger partial charge in [-0.05, 0) is 41.8 Å². The minimum atomic E-state index is -2.44. The van der Waals surface area contributed by atoms with Crippen molar-refractivity contribution in [1.82, 2.24) is 4.90 Å². The second kappa shape index (κ2) is 6.48. The normalized spacial score (nSPS) is 14.0. The molecule has 22 heavy (non-hydrogen) atoms. The van der Waals surface area contributed by atoms with Crippen LogP contribution in [0.3, 0.4) is 0 Å². The second-order valence-electron chi connectivity index (χ2n) is 5.15. The van der Waals surface area contributed by atoms with Crippen molar-refractivity contribution < 1.29 is 13.6 Å². The molecule has 0 aromatic heterocycles. The van der Waals surface area contributed by atoms with E-state index in [2.05, 4.69) is 6.07 Å². The number of hydrogen-bond acceptors (Lipinski definition) is 2. The number of thioether (sulfide) groups is 1. The smallest absolute Gasteiger partial charge is 0.288 e. The molecule has 0 aliphatic carbocycles. The molecule has 1 amide bonds. The van der Waals surface area contributed by atoms with Crippen molar-refractivity contribution in [2.45, 2.75) is 23.6 Å². The lowest BCUT2D eigenvalue weighted by molar-refractivity contribution is 0.0734. The summed E-state index contributed by atoms with van der Waals surface area (Å²) in [6.07, 6.45) is 0.848. The van der Waals surface area contributed by atoms with Crippen LogP contribution in [0.25, 0.3) is 0 Å². The Morgan fingerprint density at radius 3 is 2.41 bits per heavy atom. The van der Waals surface area contributed by atoms with E-state index >= 15 is 0 Å². The zero-order valence-corrected chi connectivity index (χ0v) is 12.7. The molecule has 1 aliphatic rings. The van der Waals surface area contributed by atoms with Crippen LogP contribution in [0.1, 0.15) is 21.5 Å². The molecule has 0 radical (unpaired) electrons. The second-order valence-corrected chi connectivity index (χ2v) is 6.21. The standard InChI is InChI=1S/C17H15F2NOS/c18-17(19)22-15-7-5-13(6-8-15)16(21)20-10-9-12-3-1-2-4-14(12)11-20/h1-8,17H,9-11H2. The number of halogens is 2. The molecule has 2 aromatic carbocycles. The van der Waals surface area contributed by atoms with Gasteiger partial charge in [-0.15, -0.1) is 0 Å². The molecule has 114 valence electrons. The summed E-state index contributed by atoms with van der Waals surface area (Å²) in [6, 6.07) is 14.5. The van der Waals surface area contributed by atoms with Crippen molar-refractivity contribution in [3.05, 3.63) is 65.2 Å². The Hall–Kier alpha value is -1.88. The van der Waals surface area contributed by atoms with Crippen LogP contribution in [0, 0.1) is 0 Å². The van der Waals surface area contributed by atoms with Crippen LogP contribution < -0.4 is 0 Å². The molecule has 0 unspecified atom stereocenters. The molecule has 5 heteroatoms. The summed E-state index contributed by atoms with van der Waals surface area (Å²) >= 11 is 0.487. The van der Waals surface area contributed by atoms with Crippen LogP contribution in [0.4, 0.5) is 8.78 Å². The Kier molecular flexibility index (Phi) is 4.43. The maximum absolute atomic E-state index is 12.5. The molecule has 2 nitrogen and oxygen atoms in total. The summed E-state index contributed by atoms with van der Waals surface area (Å²) < 4.78 is 24.6. The molecule has 2 aromatic rings. The fourth-order valence-electron chi connectivity index (χ4n) is 2.63. The van der Waals surface area contributed by atoms with Gasteiger partial charge in [0.15, 0.2) is 0 Å². The van der Waals surface area contributed by atoms with E-state index in [0.29, 0.717) is 35.3 Å². The van der Waals surface area contributed by atoms with E-state index in [4.69, 9.17) is 0 Å². The fourth-order valence-corrected chi connectivity index (χ4v) is 3.13. The van der Waals surface area contributed by atoms with Crippen molar-refractivity contribution in [2.75, 3.05) is 6.54 Å². The summed E-state index contributed by atoms with van der Waals surface area (Å²) in [4.78, 5) is 14.8. The lowest BCUT2D eigenvalue weighted by atomic mass is 9.99. The predicted octanol–water partition coefficient (Wildman–Crippen LogP) is 4.20. The van der Waals surface area contributed by atoms with E-state index in [1.165, 1.54) is 11.1 Å². The van der Waals surface area contributed by atoms with Gasteiger partial charge in [-0.3, -0.25) is 4.79 Å². The van der Waals surface area contributed by atoms with Gasteiger partial charge in [-0.25, -0.2) is 0 Å². The minimum Gasteiger partial charge on any atom is -0.334 e. The number of rotatable bonds is 3. The maximum Gasteiger partial charge on any atom is 0.288 e. The Morgan fingerprint density at radius 2 is 1.73 bits per heavy atom. The van der Waals surface area contributed by atoms with E-state index in [0.717, 1.165) is 6.42 Å². The molecule has 0 saturated heterocycles. The molecule has 0 atom stereocenters. The van der Waals surface area contributed by atoms with E-state index in [-0.39, 0.29) is 5.91 Å². The first-order valence-corrected chi connectivity index (χ1v) is 7.92. The monoisotopic (exact) mass is 319 g/mol. The Balaban J connectivity index is 1.72. The summed E-state index contributed by atoms with van der Waals surface area (Å²) in [7, 11) is 0. The number of fused-ring (bicyclic) bond motifs is 1. The van der Waals surface area contributed by atoms with Gasteiger partial charge in [-0.2, -0.15) is 8.78 Å². The molecular formula is C17H15F2NOS. The van der Waals surface area contributed by atoms with Gasteiger partial charge in [0, 0.05) is 23.5 Å². The average Bonchev–Trinajstić information content (AvgIpc) is 2.54. The van der Waals surface area contributed by atoms with E-state index in [1.54, 1.807) is 29.2 Å². The Morgan fingerprint density at radius 1 is 1.05 bits per heavy atom. The summed E-state index contributed by atoms with van der Waals surface area (Å²) in [6.45, 7) is 1.28. The first kappa shape index (κ1) is 15.0. The number of hydrogen-bond donors (Lipinski definition) is 0. The number of carbonyl (C=O) groups is 1. The highest BCUT2D eigenvalue weighted by Crippen LogP contribution is 2.26. The summed E-state index contributed by atoms with van der Waals surface area (Å²) in [5, 5.41) is 0. The molecule has 1 aliphatic heterocycles. The van der Waals surface area contributed by atoms with Crippen LogP contribution in [0.15, 0.2) is 53.4 Å². The third kappa shape index (κ3) is 3.30. The van der Waals surface area contributed by atoms with Crippen molar-refractivity contribution in [3.63, 3.8) is 0 Å². The van der Waals surface area contributed by atoms with Crippen LogP contribution in [-0.2, 0) is 13.0 Å². The molecule has 1 heterocycles. The zero-order valence-electron chi connectivity index (χ0n) is 11.8. The van der Waals surface area contributed by atoms with Crippen LogP contribution in [0.5, 0.6) is 0 Å². The quantitative estimate of drug-likeness (QED) is 0.790. The van der Waals surface area contributed by atoms with Crippen LogP contribution in [0.2, 0.25) is 0 Å². The predicted molar refractivity (Wildman–Crippen MR) is 83.2 cm³/mol. The number of carbonyl (C=O) groups excluding carboxylic acids is 1. The number of nitrogens with zero attached hydrogens (tertiary/aromatic N) is 1. The molecular weight excluding hydrogens is 304 g/mol. The Labute approximate surface area is 132 Å². The Bertz CT molecular complexity index is 673.